The van der Waals surface area contributed by atoms with Gasteiger partial charge in [-0.1, -0.05) is 30.0 Å². The molecule has 78 valence electrons. The number of nitrogens with zero attached hydrogens (tertiary/aromatic N) is 1. The van der Waals surface area contributed by atoms with E-state index in [0.29, 0.717) is 0 Å². The molecular formula is C11H11NOS2. The first-order chi connectivity index (χ1) is 7.27. The Labute approximate surface area is 97.0 Å². The number of hydrogen-bond donors (Lipinski definition) is 1. The third-order valence-electron chi connectivity index (χ3n) is 1.98. The Morgan fingerprint density at radius 2 is 2.20 bits per heavy atom. The lowest BCUT2D eigenvalue weighted by atomic mass is 10.1. The Kier molecular flexibility index (Phi) is 3.41. The number of benzene rings is 1. The third kappa shape index (κ3) is 2.59. The molecule has 2 aromatic rings. The van der Waals surface area contributed by atoms with Gasteiger partial charge in [-0.15, -0.1) is 11.3 Å². The molecule has 0 fully saturated rings. The summed E-state index contributed by atoms with van der Waals surface area (Å²) in [5, 5.41) is 11.6. The van der Waals surface area contributed by atoms with Crippen LogP contribution in [0.25, 0.3) is 0 Å². The molecule has 0 aliphatic heterocycles. The van der Waals surface area contributed by atoms with Gasteiger partial charge in [-0.3, -0.25) is 0 Å². The van der Waals surface area contributed by atoms with Crippen LogP contribution in [-0.4, -0.2) is 10.1 Å². The maximum absolute atomic E-state index is 9.60. The summed E-state index contributed by atoms with van der Waals surface area (Å²) in [5.41, 5.74) is 0.956. The van der Waals surface area contributed by atoms with Gasteiger partial charge in [-0.2, -0.15) is 0 Å². The Balaban J connectivity index is 2.28. The largest absolute Gasteiger partial charge is 0.389 e. The van der Waals surface area contributed by atoms with Gasteiger partial charge in [0.15, 0.2) is 4.34 Å². The highest BCUT2D eigenvalue weighted by Gasteiger charge is 2.09. The van der Waals surface area contributed by atoms with E-state index in [-0.39, 0.29) is 0 Å². The van der Waals surface area contributed by atoms with E-state index in [1.165, 1.54) is 0 Å². The number of thiazole rings is 1. The van der Waals surface area contributed by atoms with Gasteiger partial charge in [-0.05, 0) is 18.6 Å². The summed E-state index contributed by atoms with van der Waals surface area (Å²) in [7, 11) is 0. The molecule has 4 heteroatoms. The van der Waals surface area contributed by atoms with E-state index in [4.69, 9.17) is 0 Å². The monoisotopic (exact) mass is 237 g/mol. The van der Waals surface area contributed by atoms with Crippen LogP contribution in [0.3, 0.4) is 0 Å². The summed E-state index contributed by atoms with van der Waals surface area (Å²) in [6.45, 7) is 1.78. The summed E-state index contributed by atoms with van der Waals surface area (Å²) >= 11 is 3.21. The topological polar surface area (TPSA) is 33.1 Å². The van der Waals surface area contributed by atoms with Crippen molar-refractivity contribution in [3.63, 3.8) is 0 Å². The minimum absolute atomic E-state index is 0.436. The van der Waals surface area contributed by atoms with Crippen LogP contribution in [0.4, 0.5) is 0 Å². The maximum Gasteiger partial charge on any atom is 0.154 e. The summed E-state index contributed by atoms with van der Waals surface area (Å²) in [4.78, 5) is 5.28. The van der Waals surface area contributed by atoms with Crippen LogP contribution in [0.2, 0.25) is 0 Å². The quantitative estimate of drug-likeness (QED) is 0.888. The molecule has 0 spiro atoms. The first-order valence-corrected chi connectivity index (χ1v) is 6.31. The first kappa shape index (κ1) is 10.7. The summed E-state index contributed by atoms with van der Waals surface area (Å²) in [5.74, 6) is 0. The highest BCUT2D eigenvalue weighted by atomic mass is 32.2. The van der Waals surface area contributed by atoms with E-state index in [2.05, 4.69) is 4.98 Å². The van der Waals surface area contributed by atoms with Crippen LogP contribution < -0.4 is 0 Å². The van der Waals surface area contributed by atoms with Gasteiger partial charge in [0.25, 0.3) is 0 Å². The zero-order valence-corrected chi connectivity index (χ0v) is 9.89. The highest BCUT2D eigenvalue weighted by molar-refractivity contribution is 8.01. The number of hydrogen-bond acceptors (Lipinski definition) is 4. The van der Waals surface area contributed by atoms with Crippen molar-refractivity contribution in [2.45, 2.75) is 22.3 Å². The van der Waals surface area contributed by atoms with Gasteiger partial charge in [-0.25, -0.2) is 4.98 Å². The standard InChI is InChI=1S/C11H11NOS2/c1-8(13)9-4-2-3-5-10(9)15-11-12-6-7-14-11/h2-8,13H,1H3/t8-/m0/s1. The minimum atomic E-state index is -0.436. The zero-order chi connectivity index (χ0) is 10.7. The van der Waals surface area contributed by atoms with E-state index >= 15 is 0 Å². The molecule has 2 rings (SSSR count). The fraction of sp³-hybridized carbons (Fsp3) is 0.182. The van der Waals surface area contributed by atoms with Crippen molar-refractivity contribution in [2.24, 2.45) is 0 Å². The molecule has 15 heavy (non-hydrogen) atoms. The van der Waals surface area contributed by atoms with Crippen LogP contribution in [-0.2, 0) is 0 Å². The van der Waals surface area contributed by atoms with Crippen molar-refractivity contribution < 1.29 is 5.11 Å². The van der Waals surface area contributed by atoms with Crippen molar-refractivity contribution in [3.8, 4) is 0 Å². The molecule has 2 nitrogen and oxygen atoms in total. The van der Waals surface area contributed by atoms with Gasteiger partial charge in [0, 0.05) is 16.5 Å². The molecule has 1 atom stereocenters. The number of rotatable bonds is 3. The lowest BCUT2D eigenvalue weighted by Gasteiger charge is -2.09. The second-order valence-corrected chi connectivity index (χ2v) is 5.30. The van der Waals surface area contributed by atoms with E-state index in [1.54, 1.807) is 36.2 Å². The van der Waals surface area contributed by atoms with Crippen LogP contribution in [0, 0.1) is 0 Å². The van der Waals surface area contributed by atoms with Crippen molar-refractivity contribution in [2.75, 3.05) is 0 Å². The molecule has 1 heterocycles. The Bertz CT molecular complexity index is 426. The van der Waals surface area contributed by atoms with Crippen molar-refractivity contribution in [3.05, 3.63) is 41.4 Å². The summed E-state index contributed by atoms with van der Waals surface area (Å²) < 4.78 is 1.00. The van der Waals surface area contributed by atoms with Gasteiger partial charge in [0.2, 0.25) is 0 Å². The molecule has 0 saturated heterocycles. The van der Waals surface area contributed by atoms with Gasteiger partial charge in [0.05, 0.1) is 6.10 Å². The smallest absolute Gasteiger partial charge is 0.154 e. The second-order valence-electron chi connectivity index (χ2n) is 3.11. The lowest BCUT2D eigenvalue weighted by Crippen LogP contribution is -1.92. The number of aliphatic hydroxyl groups excluding tert-OH is 1. The Hall–Kier alpha value is -0.840. The lowest BCUT2D eigenvalue weighted by molar-refractivity contribution is 0.196. The Morgan fingerprint density at radius 1 is 1.40 bits per heavy atom. The van der Waals surface area contributed by atoms with Crippen molar-refractivity contribution in [1.29, 1.82) is 0 Å². The highest BCUT2D eigenvalue weighted by Crippen LogP contribution is 2.33. The molecule has 0 amide bonds. The van der Waals surface area contributed by atoms with Gasteiger partial charge < -0.3 is 5.11 Å². The molecule has 1 aromatic carbocycles. The van der Waals surface area contributed by atoms with E-state index in [9.17, 15) is 5.11 Å². The predicted molar refractivity (Wildman–Crippen MR) is 63.3 cm³/mol. The zero-order valence-electron chi connectivity index (χ0n) is 8.25. The maximum atomic E-state index is 9.60. The molecule has 0 unspecified atom stereocenters. The van der Waals surface area contributed by atoms with Gasteiger partial charge >= 0.3 is 0 Å². The fourth-order valence-electron chi connectivity index (χ4n) is 1.27. The van der Waals surface area contributed by atoms with Crippen LogP contribution in [0.5, 0.6) is 0 Å². The molecule has 0 aliphatic carbocycles. The average molecular weight is 237 g/mol. The average Bonchev–Trinajstić information content (AvgIpc) is 2.71. The van der Waals surface area contributed by atoms with E-state index in [1.807, 2.05) is 29.6 Å². The fourth-order valence-corrected chi connectivity index (χ4v) is 3.07. The predicted octanol–water partition coefficient (Wildman–Crippen LogP) is 3.35. The van der Waals surface area contributed by atoms with E-state index in [0.717, 1.165) is 14.8 Å². The minimum Gasteiger partial charge on any atom is -0.389 e. The molecule has 0 radical (unpaired) electrons. The van der Waals surface area contributed by atoms with E-state index < -0.39 is 6.10 Å². The van der Waals surface area contributed by atoms with Crippen molar-refractivity contribution >= 4 is 23.1 Å². The number of aromatic nitrogens is 1. The third-order valence-corrected chi connectivity index (χ3v) is 3.95. The molecule has 0 aliphatic rings. The second kappa shape index (κ2) is 4.79. The first-order valence-electron chi connectivity index (χ1n) is 4.61. The van der Waals surface area contributed by atoms with Crippen molar-refractivity contribution in [1.82, 2.24) is 4.98 Å². The normalized spacial score (nSPS) is 12.7. The van der Waals surface area contributed by atoms with Crippen LogP contribution in [0.1, 0.15) is 18.6 Å². The Morgan fingerprint density at radius 3 is 2.87 bits per heavy atom. The van der Waals surface area contributed by atoms with Crippen LogP contribution in [0.15, 0.2) is 45.1 Å². The van der Waals surface area contributed by atoms with Gasteiger partial charge in [0.1, 0.15) is 0 Å². The molecular weight excluding hydrogens is 226 g/mol. The molecule has 0 saturated carbocycles. The SMILES string of the molecule is C[C@H](O)c1ccccc1Sc1nccs1. The summed E-state index contributed by atoms with van der Waals surface area (Å²) in [6.07, 6.45) is 1.35. The number of aliphatic hydroxyl groups is 1. The summed E-state index contributed by atoms with van der Waals surface area (Å²) in [6, 6.07) is 7.87. The van der Waals surface area contributed by atoms with Crippen LogP contribution >= 0.6 is 23.1 Å². The molecule has 0 bridgehead atoms. The molecule has 1 aromatic heterocycles. The molecule has 1 N–H and O–H groups in total.